The Hall–Kier alpha value is -1.65. The van der Waals surface area contributed by atoms with Crippen LogP contribution in [-0.4, -0.2) is 17.7 Å². The molecule has 0 spiro atoms. The molecule has 1 amide bonds. The molecule has 1 aromatic carbocycles. The molecule has 0 bridgehead atoms. The topological polar surface area (TPSA) is 38.3 Å². The molecule has 0 heterocycles. The summed E-state index contributed by atoms with van der Waals surface area (Å²) < 4.78 is 33.0. The third kappa shape index (κ3) is 3.03. The average molecular weight is 269 g/mol. The van der Waals surface area contributed by atoms with E-state index in [4.69, 9.17) is 4.74 Å². The molecule has 104 valence electrons. The first-order chi connectivity index (χ1) is 8.72. The lowest BCUT2D eigenvalue weighted by Crippen LogP contribution is -2.35. The molecule has 0 unspecified atom stereocenters. The minimum Gasteiger partial charge on any atom is -0.444 e. The Balaban J connectivity index is 2.00. The number of hydrogen-bond donors (Lipinski definition) is 1. The van der Waals surface area contributed by atoms with Crippen molar-refractivity contribution < 1.29 is 18.3 Å². The first-order valence-electron chi connectivity index (χ1n) is 6.16. The maximum atomic E-state index is 14.4. The van der Waals surface area contributed by atoms with Crippen LogP contribution in [0.1, 0.15) is 32.8 Å². The molecule has 19 heavy (non-hydrogen) atoms. The van der Waals surface area contributed by atoms with Crippen LogP contribution in [0.25, 0.3) is 0 Å². The van der Waals surface area contributed by atoms with E-state index in [1.807, 2.05) is 0 Å². The number of ether oxygens (including phenoxy) is 1. The van der Waals surface area contributed by atoms with Gasteiger partial charge in [-0.25, -0.2) is 13.6 Å². The number of amides is 1. The second kappa shape index (κ2) is 4.47. The van der Waals surface area contributed by atoms with Crippen molar-refractivity contribution in [1.29, 1.82) is 0 Å². The van der Waals surface area contributed by atoms with Gasteiger partial charge in [-0.2, -0.15) is 0 Å². The van der Waals surface area contributed by atoms with E-state index in [-0.39, 0.29) is 12.0 Å². The molecule has 1 fully saturated rings. The molecule has 1 N–H and O–H groups in total. The Morgan fingerprint density at radius 3 is 2.63 bits per heavy atom. The van der Waals surface area contributed by atoms with Gasteiger partial charge in [0.2, 0.25) is 0 Å². The summed E-state index contributed by atoms with van der Waals surface area (Å²) in [6.45, 7) is 5.16. The summed E-state index contributed by atoms with van der Waals surface area (Å²) in [5, 5.41) is 2.42. The summed E-state index contributed by atoms with van der Waals surface area (Å²) >= 11 is 0. The molecular formula is C14H17F2NO2. The van der Waals surface area contributed by atoms with Gasteiger partial charge in [0.05, 0.1) is 6.04 Å². The van der Waals surface area contributed by atoms with Gasteiger partial charge in [0.1, 0.15) is 11.4 Å². The fourth-order valence-corrected chi connectivity index (χ4v) is 1.95. The predicted octanol–water partition coefficient (Wildman–Crippen LogP) is 3.29. The largest absolute Gasteiger partial charge is 0.444 e. The Morgan fingerprint density at radius 2 is 2.05 bits per heavy atom. The molecule has 2 atom stereocenters. The molecule has 5 heteroatoms. The van der Waals surface area contributed by atoms with Crippen LogP contribution in [0, 0.1) is 5.82 Å². The standard InChI is InChI=1S/C14H17F2NO2/c1-13(2,3)19-12(18)17-11-8-14(11,16)9-6-4-5-7-10(9)15/h4-7,11H,8H2,1-3H3,(H,17,18)/t11-,14-/m0/s1. The van der Waals surface area contributed by atoms with Gasteiger partial charge in [0.25, 0.3) is 0 Å². The van der Waals surface area contributed by atoms with Gasteiger partial charge in [-0.3, -0.25) is 0 Å². The van der Waals surface area contributed by atoms with Crippen LogP contribution in [0.3, 0.4) is 0 Å². The Morgan fingerprint density at radius 1 is 1.42 bits per heavy atom. The highest BCUT2D eigenvalue weighted by Crippen LogP contribution is 2.50. The minimum atomic E-state index is -1.83. The maximum Gasteiger partial charge on any atom is 0.407 e. The number of rotatable bonds is 2. The maximum absolute atomic E-state index is 14.4. The average Bonchev–Trinajstić information content (AvgIpc) is 2.87. The van der Waals surface area contributed by atoms with Crippen molar-refractivity contribution in [3.05, 3.63) is 35.6 Å². The zero-order valence-electron chi connectivity index (χ0n) is 11.2. The van der Waals surface area contributed by atoms with Crippen LogP contribution in [0.15, 0.2) is 24.3 Å². The molecule has 1 saturated carbocycles. The van der Waals surface area contributed by atoms with Crippen LogP contribution >= 0.6 is 0 Å². The second-order valence-corrected chi connectivity index (χ2v) is 5.75. The van der Waals surface area contributed by atoms with Gasteiger partial charge in [0, 0.05) is 12.0 Å². The summed E-state index contributed by atoms with van der Waals surface area (Å²) in [4.78, 5) is 11.5. The monoisotopic (exact) mass is 269 g/mol. The van der Waals surface area contributed by atoms with Gasteiger partial charge in [-0.15, -0.1) is 0 Å². The summed E-state index contributed by atoms with van der Waals surface area (Å²) in [5.41, 5.74) is -2.49. The van der Waals surface area contributed by atoms with E-state index in [0.717, 1.165) is 0 Å². The highest BCUT2D eigenvalue weighted by atomic mass is 19.2. The van der Waals surface area contributed by atoms with E-state index in [0.29, 0.717) is 0 Å². The number of benzene rings is 1. The molecule has 1 aliphatic rings. The van der Waals surface area contributed by atoms with E-state index in [2.05, 4.69) is 5.32 Å². The number of alkyl carbamates (subject to hydrolysis) is 1. The molecule has 0 aliphatic heterocycles. The number of carbonyl (C=O) groups excluding carboxylic acids is 1. The fraction of sp³-hybridized carbons (Fsp3) is 0.500. The third-order valence-corrected chi connectivity index (χ3v) is 2.91. The third-order valence-electron chi connectivity index (χ3n) is 2.91. The van der Waals surface area contributed by atoms with E-state index in [1.54, 1.807) is 26.8 Å². The van der Waals surface area contributed by atoms with Gasteiger partial charge < -0.3 is 10.1 Å². The molecule has 1 aromatic rings. The Kier molecular flexibility index (Phi) is 3.24. The predicted molar refractivity (Wildman–Crippen MR) is 67.0 cm³/mol. The molecule has 0 aromatic heterocycles. The van der Waals surface area contributed by atoms with Crippen molar-refractivity contribution in [2.24, 2.45) is 0 Å². The molecule has 3 nitrogen and oxygen atoms in total. The van der Waals surface area contributed by atoms with Gasteiger partial charge in [-0.1, -0.05) is 18.2 Å². The van der Waals surface area contributed by atoms with E-state index in [1.165, 1.54) is 18.2 Å². The number of hydrogen-bond acceptors (Lipinski definition) is 2. The smallest absolute Gasteiger partial charge is 0.407 e. The highest BCUT2D eigenvalue weighted by molar-refractivity contribution is 5.69. The Bertz CT molecular complexity index is 498. The first kappa shape index (κ1) is 13.8. The van der Waals surface area contributed by atoms with E-state index >= 15 is 0 Å². The van der Waals surface area contributed by atoms with Crippen molar-refractivity contribution in [2.45, 2.75) is 44.5 Å². The summed E-state index contributed by atoms with van der Waals surface area (Å²) in [7, 11) is 0. The van der Waals surface area contributed by atoms with Crippen molar-refractivity contribution in [3.8, 4) is 0 Å². The van der Waals surface area contributed by atoms with Crippen LogP contribution in [0.4, 0.5) is 13.6 Å². The van der Waals surface area contributed by atoms with Gasteiger partial charge in [-0.05, 0) is 26.8 Å². The fourth-order valence-electron chi connectivity index (χ4n) is 1.95. The lowest BCUT2D eigenvalue weighted by molar-refractivity contribution is 0.0510. The number of nitrogens with one attached hydrogen (secondary N) is 1. The van der Waals surface area contributed by atoms with Crippen LogP contribution < -0.4 is 5.32 Å². The zero-order valence-corrected chi connectivity index (χ0v) is 11.2. The summed E-state index contributed by atoms with van der Waals surface area (Å²) in [5.74, 6) is -0.599. The van der Waals surface area contributed by atoms with Crippen LogP contribution in [0.5, 0.6) is 0 Å². The van der Waals surface area contributed by atoms with E-state index in [9.17, 15) is 13.6 Å². The lowest BCUT2D eigenvalue weighted by Gasteiger charge is -2.20. The minimum absolute atomic E-state index is 0.0175. The first-order valence-corrected chi connectivity index (χ1v) is 6.16. The van der Waals surface area contributed by atoms with Gasteiger partial charge in [0.15, 0.2) is 5.67 Å². The quantitative estimate of drug-likeness (QED) is 0.894. The zero-order chi connectivity index (χ0) is 14.3. The van der Waals surface area contributed by atoms with Crippen molar-refractivity contribution in [3.63, 3.8) is 0 Å². The number of carbonyl (C=O) groups is 1. The second-order valence-electron chi connectivity index (χ2n) is 5.75. The SMILES string of the molecule is CC(C)(C)OC(=O)N[C@H]1C[C@]1(F)c1ccccc1F. The van der Waals surface area contributed by atoms with Crippen molar-refractivity contribution in [1.82, 2.24) is 5.32 Å². The summed E-state index contributed by atoms with van der Waals surface area (Å²) in [6.07, 6.45) is -0.624. The summed E-state index contributed by atoms with van der Waals surface area (Å²) in [6, 6.07) is 4.94. The molecule has 2 rings (SSSR count). The van der Waals surface area contributed by atoms with Crippen molar-refractivity contribution in [2.75, 3.05) is 0 Å². The van der Waals surface area contributed by atoms with Crippen molar-refractivity contribution >= 4 is 6.09 Å². The molecule has 0 saturated heterocycles. The lowest BCUT2D eigenvalue weighted by atomic mass is 10.1. The normalized spacial score (nSPS) is 25.8. The molecular weight excluding hydrogens is 252 g/mol. The molecule has 0 radical (unpaired) electrons. The number of alkyl halides is 1. The van der Waals surface area contributed by atoms with Gasteiger partial charge >= 0.3 is 6.09 Å². The van der Waals surface area contributed by atoms with Crippen LogP contribution in [0.2, 0.25) is 0 Å². The van der Waals surface area contributed by atoms with E-state index < -0.39 is 29.2 Å². The molecule has 1 aliphatic carbocycles. The van der Waals surface area contributed by atoms with Crippen LogP contribution in [-0.2, 0) is 10.4 Å². The number of halogens is 2. The highest BCUT2D eigenvalue weighted by Gasteiger charge is 2.59. The Labute approximate surface area is 111 Å².